The summed E-state index contributed by atoms with van der Waals surface area (Å²) in [5.74, 6) is -4.17. The summed E-state index contributed by atoms with van der Waals surface area (Å²) in [6.07, 6.45) is 0. The normalized spacial score (nSPS) is 20.5. The van der Waals surface area contributed by atoms with Gasteiger partial charge in [0, 0.05) is 22.5 Å². The molecule has 196 valence electrons. The molecule has 37 heavy (non-hydrogen) atoms. The summed E-state index contributed by atoms with van der Waals surface area (Å²) in [5.41, 5.74) is 7.11. The van der Waals surface area contributed by atoms with Crippen LogP contribution in [0.25, 0.3) is 0 Å². The lowest BCUT2D eigenvalue weighted by Crippen LogP contribution is -2.52. The number of anilines is 2. The maximum Gasteiger partial charge on any atom is 0.318 e. The Hall–Kier alpha value is -4.86. The van der Waals surface area contributed by atoms with Crippen molar-refractivity contribution in [1.29, 1.82) is 0 Å². The number of carbonyl (C=O) groups excluding carboxylic acids is 6. The minimum absolute atomic E-state index is 0. The van der Waals surface area contributed by atoms with Crippen LogP contribution in [0.1, 0.15) is 22.3 Å². The molecule has 0 radical (unpaired) electrons. The van der Waals surface area contributed by atoms with E-state index in [9.17, 15) is 39.0 Å². The largest absolute Gasteiger partial charge is 0.412 e. The SMILES string of the molecule is Cc1ccc2c(c1)C(O)(C(=O)NC(N)=O)C(=O)N2.Cc1ccc2c(c1)C(O)(C(=O)NC(N)=O)C(=O)N2.O. The molecule has 12 N–H and O–H groups in total. The first-order chi connectivity index (χ1) is 16.7. The second-order valence-electron chi connectivity index (χ2n) is 8.06. The summed E-state index contributed by atoms with van der Waals surface area (Å²) in [6.45, 7) is 3.49. The number of urea groups is 2. The molecule has 2 unspecified atom stereocenters. The van der Waals surface area contributed by atoms with Crippen LogP contribution in [0.15, 0.2) is 36.4 Å². The van der Waals surface area contributed by atoms with E-state index in [0.29, 0.717) is 11.4 Å². The van der Waals surface area contributed by atoms with Gasteiger partial charge < -0.3 is 37.8 Å². The molecule has 2 aromatic rings. The van der Waals surface area contributed by atoms with E-state index in [1.165, 1.54) is 12.1 Å². The molecule has 2 aliphatic heterocycles. The fraction of sp³-hybridized carbons (Fsp3) is 0.182. The van der Waals surface area contributed by atoms with Crippen LogP contribution in [0.2, 0.25) is 0 Å². The van der Waals surface area contributed by atoms with Crippen LogP contribution < -0.4 is 32.7 Å². The number of amides is 8. The van der Waals surface area contributed by atoms with Crippen molar-refractivity contribution in [3.8, 4) is 0 Å². The number of primary amides is 2. The molecule has 15 heteroatoms. The fourth-order valence-corrected chi connectivity index (χ4v) is 3.66. The van der Waals surface area contributed by atoms with Gasteiger partial charge in [-0.05, 0) is 26.0 Å². The zero-order chi connectivity index (χ0) is 27.0. The minimum Gasteiger partial charge on any atom is -0.412 e. The summed E-state index contributed by atoms with van der Waals surface area (Å²) < 4.78 is 0. The second kappa shape index (κ2) is 10.0. The van der Waals surface area contributed by atoms with E-state index >= 15 is 0 Å². The van der Waals surface area contributed by atoms with Crippen molar-refractivity contribution >= 4 is 47.1 Å². The first-order valence-corrected chi connectivity index (χ1v) is 10.2. The zero-order valence-corrected chi connectivity index (χ0v) is 19.5. The van der Waals surface area contributed by atoms with E-state index < -0.39 is 46.9 Å². The molecule has 2 aromatic carbocycles. The van der Waals surface area contributed by atoms with Gasteiger partial charge in [-0.25, -0.2) is 9.59 Å². The number of hydrogen-bond acceptors (Lipinski definition) is 8. The molecule has 8 amide bonds. The highest BCUT2D eigenvalue weighted by Crippen LogP contribution is 2.37. The lowest BCUT2D eigenvalue weighted by Gasteiger charge is -2.18. The van der Waals surface area contributed by atoms with Crippen molar-refractivity contribution < 1.29 is 44.5 Å². The smallest absolute Gasteiger partial charge is 0.318 e. The molecule has 0 aliphatic carbocycles. The maximum atomic E-state index is 11.7. The Balaban J connectivity index is 0.000000253. The number of nitrogens with one attached hydrogen (secondary N) is 4. The Morgan fingerprint density at radius 3 is 1.35 bits per heavy atom. The Morgan fingerprint density at radius 2 is 1.05 bits per heavy atom. The Morgan fingerprint density at radius 1 is 0.730 bits per heavy atom. The minimum atomic E-state index is -2.43. The highest BCUT2D eigenvalue weighted by Gasteiger charge is 2.53. The number of aliphatic hydroxyl groups is 2. The average molecular weight is 516 g/mol. The Bertz CT molecular complexity index is 1240. The molecule has 0 fully saturated rings. The highest BCUT2D eigenvalue weighted by atomic mass is 16.3. The number of fused-ring (bicyclic) bond motifs is 2. The van der Waals surface area contributed by atoms with Crippen molar-refractivity contribution in [1.82, 2.24) is 10.6 Å². The maximum absolute atomic E-state index is 11.7. The van der Waals surface area contributed by atoms with E-state index in [2.05, 4.69) is 10.6 Å². The van der Waals surface area contributed by atoms with E-state index in [1.807, 2.05) is 0 Å². The second-order valence-corrected chi connectivity index (χ2v) is 8.06. The predicted molar refractivity (Wildman–Crippen MR) is 126 cm³/mol. The monoisotopic (exact) mass is 516 g/mol. The Kier molecular flexibility index (Phi) is 7.68. The molecule has 4 rings (SSSR count). The molecule has 0 saturated heterocycles. The zero-order valence-electron chi connectivity index (χ0n) is 19.5. The summed E-state index contributed by atoms with van der Waals surface area (Å²) in [7, 11) is 0. The van der Waals surface area contributed by atoms with E-state index in [0.717, 1.165) is 11.1 Å². The molecular weight excluding hydrogens is 492 g/mol. The molecule has 0 saturated carbocycles. The number of carbonyl (C=O) groups is 6. The van der Waals surface area contributed by atoms with Crippen LogP contribution in [0.4, 0.5) is 21.0 Å². The van der Waals surface area contributed by atoms with Crippen molar-refractivity contribution in [2.24, 2.45) is 11.5 Å². The van der Waals surface area contributed by atoms with Crippen LogP contribution in [-0.4, -0.2) is 51.4 Å². The first-order valence-electron chi connectivity index (χ1n) is 10.2. The first kappa shape index (κ1) is 28.4. The average Bonchev–Trinajstić information content (AvgIpc) is 3.19. The van der Waals surface area contributed by atoms with Crippen molar-refractivity contribution in [3.63, 3.8) is 0 Å². The van der Waals surface area contributed by atoms with E-state index in [4.69, 9.17) is 11.5 Å². The van der Waals surface area contributed by atoms with Crippen LogP contribution in [-0.2, 0) is 30.4 Å². The van der Waals surface area contributed by atoms with Gasteiger partial charge in [-0.1, -0.05) is 35.4 Å². The molecule has 0 bridgehead atoms. The number of imide groups is 2. The van der Waals surface area contributed by atoms with Gasteiger partial charge in [-0.15, -0.1) is 0 Å². The van der Waals surface area contributed by atoms with Gasteiger partial charge in [0.25, 0.3) is 34.8 Å². The van der Waals surface area contributed by atoms with Crippen molar-refractivity contribution in [2.45, 2.75) is 25.0 Å². The topological polar surface area (TPSA) is 275 Å². The number of hydrogen-bond donors (Lipinski definition) is 8. The third-order valence-corrected chi connectivity index (χ3v) is 5.41. The lowest BCUT2D eigenvalue weighted by molar-refractivity contribution is -0.150. The van der Waals surface area contributed by atoms with Gasteiger partial charge in [0.1, 0.15) is 0 Å². The fourth-order valence-electron chi connectivity index (χ4n) is 3.66. The quantitative estimate of drug-likeness (QED) is 0.203. The van der Waals surface area contributed by atoms with Crippen LogP contribution in [0, 0.1) is 13.8 Å². The van der Waals surface area contributed by atoms with Crippen LogP contribution in [0.3, 0.4) is 0 Å². The van der Waals surface area contributed by atoms with Gasteiger partial charge in [0.2, 0.25) is 0 Å². The van der Waals surface area contributed by atoms with Crippen molar-refractivity contribution in [2.75, 3.05) is 10.6 Å². The van der Waals surface area contributed by atoms with Gasteiger partial charge in [0.15, 0.2) is 0 Å². The Labute approximate surface area is 208 Å². The molecule has 0 spiro atoms. The molecule has 15 nitrogen and oxygen atoms in total. The number of aryl methyl sites for hydroxylation is 2. The van der Waals surface area contributed by atoms with Gasteiger partial charge in [-0.2, -0.15) is 0 Å². The van der Waals surface area contributed by atoms with Gasteiger partial charge >= 0.3 is 12.1 Å². The summed E-state index contributed by atoms with van der Waals surface area (Å²) in [4.78, 5) is 68.2. The standard InChI is InChI=1S/2C11H11N3O4.H2O/c2*1-5-2-3-7-6(4-5)11(18,8(15)13-7)9(16)14-10(12)17;/h2*2-4,18H,1H3,(H,13,15)(H3,12,14,16,17);1H2. The molecule has 0 aromatic heterocycles. The van der Waals surface area contributed by atoms with E-state index in [1.54, 1.807) is 48.7 Å². The van der Waals surface area contributed by atoms with Gasteiger partial charge in [0.05, 0.1) is 0 Å². The van der Waals surface area contributed by atoms with Gasteiger partial charge in [-0.3, -0.25) is 29.8 Å². The number of nitrogens with two attached hydrogens (primary N) is 2. The molecular formula is C22H24N6O9. The van der Waals surface area contributed by atoms with Crippen molar-refractivity contribution in [3.05, 3.63) is 58.7 Å². The summed E-state index contributed by atoms with van der Waals surface area (Å²) in [5, 5.41) is 28.6. The van der Waals surface area contributed by atoms with E-state index in [-0.39, 0.29) is 16.6 Å². The third-order valence-electron chi connectivity index (χ3n) is 5.41. The lowest BCUT2D eigenvalue weighted by atomic mass is 9.93. The molecule has 2 heterocycles. The highest BCUT2D eigenvalue weighted by molar-refractivity contribution is 6.22. The number of benzene rings is 2. The summed E-state index contributed by atoms with van der Waals surface area (Å²) >= 11 is 0. The van der Waals surface area contributed by atoms with Crippen LogP contribution in [0.5, 0.6) is 0 Å². The van der Waals surface area contributed by atoms with Crippen LogP contribution >= 0.6 is 0 Å². The number of rotatable bonds is 2. The third kappa shape index (κ3) is 4.94. The molecule has 2 atom stereocenters. The summed E-state index contributed by atoms with van der Waals surface area (Å²) in [6, 6.07) is 7.29. The predicted octanol–water partition coefficient (Wildman–Crippen LogP) is -2.17. The molecule has 2 aliphatic rings.